The molecule has 0 saturated carbocycles. The van der Waals surface area contributed by atoms with E-state index < -0.39 is 10.0 Å². The molecule has 0 aliphatic carbocycles. The van der Waals surface area contributed by atoms with Crippen LogP contribution < -0.4 is 0 Å². The Kier molecular flexibility index (Phi) is 5.21. The Balaban J connectivity index is 2.55. The second-order valence-corrected chi connectivity index (χ2v) is 11.4. The highest BCUT2D eigenvalue weighted by Gasteiger charge is 2.44. The molecule has 0 aromatic rings. The van der Waals surface area contributed by atoms with Crippen LogP contribution in [0.5, 0.6) is 0 Å². The van der Waals surface area contributed by atoms with Crippen LogP contribution in [0.1, 0.15) is 61.8 Å². The normalized spacial score (nSPS) is 25.5. The molecule has 6 heteroatoms. The van der Waals surface area contributed by atoms with Crippen molar-refractivity contribution in [2.75, 3.05) is 19.3 Å². The molecule has 2 rings (SSSR count). The van der Waals surface area contributed by atoms with Crippen molar-refractivity contribution in [3.8, 4) is 0 Å². The second-order valence-electron chi connectivity index (χ2n) is 9.42. The molecule has 0 unspecified atom stereocenters. The largest absolute Gasteiger partial charge is 0.332 e. The summed E-state index contributed by atoms with van der Waals surface area (Å²) in [5.74, 6) is 1.08. The third-order valence-electron chi connectivity index (χ3n) is 5.07. The fourth-order valence-corrected chi connectivity index (χ4v) is 5.51. The van der Waals surface area contributed by atoms with Crippen LogP contribution in [0, 0.1) is 10.8 Å². The predicted octanol–water partition coefficient (Wildman–Crippen LogP) is 3.49. The summed E-state index contributed by atoms with van der Waals surface area (Å²) < 4.78 is 26.1. The van der Waals surface area contributed by atoms with Crippen LogP contribution in [0.25, 0.3) is 0 Å². The maximum atomic E-state index is 12.2. The second kappa shape index (κ2) is 6.38. The molecule has 0 aromatic heterocycles. The zero-order chi connectivity index (χ0) is 19.4. The topological polar surface area (TPSA) is 53.0 Å². The lowest BCUT2D eigenvalue weighted by Crippen LogP contribution is -2.45. The summed E-state index contributed by atoms with van der Waals surface area (Å²) in [5, 5.41) is 0. The Bertz CT molecular complexity index is 693. The Morgan fingerprint density at radius 1 is 1.16 bits per heavy atom. The molecule has 1 saturated heterocycles. The van der Waals surface area contributed by atoms with Crippen LogP contribution in [0.3, 0.4) is 0 Å². The molecule has 25 heavy (non-hydrogen) atoms. The van der Waals surface area contributed by atoms with E-state index in [0.29, 0.717) is 13.1 Å². The number of fused-ring (bicyclic) bond motifs is 1. The third kappa shape index (κ3) is 3.95. The van der Waals surface area contributed by atoms with E-state index in [1.54, 1.807) is 4.31 Å². The number of amidine groups is 1. The lowest BCUT2D eigenvalue weighted by molar-refractivity contribution is 0.330. The number of rotatable bonds is 3. The summed E-state index contributed by atoms with van der Waals surface area (Å²) in [6, 6.07) is 0.109. The van der Waals surface area contributed by atoms with Gasteiger partial charge in [0, 0.05) is 36.7 Å². The third-order valence-corrected chi connectivity index (χ3v) is 6.48. The molecular weight excluding hydrogens is 334 g/mol. The van der Waals surface area contributed by atoms with Gasteiger partial charge in [0.1, 0.15) is 5.84 Å². The van der Waals surface area contributed by atoms with Crippen molar-refractivity contribution in [3.63, 3.8) is 0 Å². The van der Waals surface area contributed by atoms with E-state index >= 15 is 0 Å². The van der Waals surface area contributed by atoms with Gasteiger partial charge in [-0.25, -0.2) is 8.42 Å². The maximum Gasteiger partial charge on any atom is 0.211 e. The Morgan fingerprint density at radius 2 is 1.72 bits per heavy atom. The molecule has 2 heterocycles. The van der Waals surface area contributed by atoms with Crippen molar-refractivity contribution in [3.05, 3.63) is 11.3 Å². The number of hydrogen-bond acceptors (Lipinski definition) is 4. The molecule has 2 aliphatic rings. The standard InChI is InChI=1S/C19H35N3O2S/c1-10-22(25(9,23)24)14-11-15-16(18(3,4)5)13(2)20-17(19(6,7)8)21(15)12-14/h13-14H,10-12H2,1-9H3/t13-,14-/m0/s1. The SMILES string of the molecule is CCN([C@H]1CC2=C(C(C)(C)C)[C@H](C)N=C(C(C)(C)C)N2C1)S(C)(=O)=O. The van der Waals surface area contributed by atoms with Gasteiger partial charge in [-0.2, -0.15) is 4.31 Å². The molecule has 0 aromatic carbocycles. The van der Waals surface area contributed by atoms with Crippen LogP contribution in [0.4, 0.5) is 0 Å². The van der Waals surface area contributed by atoms with E-state index in [2.05, 4.69) is 53.4 Å². The highest BCUT2D eigenvalue weighted by Crippen LogP contribution is 2.43. The first kappa shape index (κ1) is 20.4. The Morgan fingerprint density at radius 3 is 2.12 bits per heavy atom. The molecule has 0 radical (unpaired) electrons. The van der Waals surface area contributed by atoms with Crippen molar-refractivity contribution in [1.82, 2.24) is 9.21 Å². The Labute approximate surface area is 154 Å². The summed E-state index contributed by atoms with van der Waals surface area (Å²) >= 11 is 0. The minimum absolute atomic E-state index is 0.0109. The van der Waals surface area contributed by atoms with Gasteiger partial charge in [-0.3, -0.25) is 4.99 Å². The van der Waals surface area contributed by atoms with Crippen LogP contribution in [-0.2, 0) is 10.0 Å². The van der Waals surface area contributed by atoms with Gasteiger partial charge in [-0.05, 0) is 17.9 Å². The van der Waals surface area contributed by atoms with Crippen LogP contribution >= 0.6 is 0 Å². The van der Waals surface area contributed by atoms with Gasteiger partial charge in [0.25, 0.3) is 0 Å². The van der Waals surface area contributed by atoms with Gasteiger partial charge in [0.2, 0.25) is 10.0 Å². The fourth-order valence-electron chi connectivity index (χ4n) is 4.36. The predicted molar refractivity (Wildman–Crippen MR) is 105 cm³/mol. The molecule has 144 valence electrons. The lowest BCUT2D eigenvalue weighted by Gasteiger charge is -2.41. The van der Waals surface area contributed by atoms with Crippen molar-refractivity contribution in [1.29, 1.82) is 0 Å². The molecule has 1 fully saturated rings. The van der Waals surface area contributed by atoms with E-state index in [1.165, 1.54) is 17.5 Å². The van der Waals surface area contributed by atoms with Crippen molar-refractivity contribution < 1.29 is 8.42 Å². The smallest absolute Gasteiger partial charge is 0.211 e. The first-order valence-electron chi connectivity index (χ1n) is 9.24. The van der Waals surface area contributed by atoms with Crippen molar-refractivity contribution in [2.24, 2.45) is 15.8 Å². The maximum absolute atomic E-state index is 12.2. The monoisotopic (exact) mass is 369 g/mol. The highest BCUT2D eigenvalue weighted by atomic mass is 32.2. The number of aliphatic imine (C=N–C) groups is 1. The summed E-state index contributed by atoms with van der Waals surface area (Å²) in [6.07, 6.45) is 2.08. The zero-order valence-electron chi connectivity index (χ0n) is 17.3. The number of nitrogens with zero attached hydrogens (tertiary/aromatic N) is 3. The average molecular weight is 370 g/mol. The Hall–Kier alpha value is -0.880. The minimum atomic E-state index is -3.22. The van der Waals surface area contributed by atoms with Gasteiger partial charge < -0.3 is 4.90 Å². The van der Waals surface area contributed by atoms with Crippen LogP contribution in [-0.4, -0.2) is 54.9 Å². The molecule has 5 nitrogen and oxygen atoms in total. The number of likely N-dealkylation sites (N-methyl/N-ethyl adjacent to an activating group) is 1. The zero-order valence-corrected chi connectivity index (χ0v) is 18.2. The van der Waals surface area contributed by atoms with Gasteiger partial charge >= 0.3 is 0 Å². The molecule has 0 spiro atoms. The van der Waals surface area contributed by atoms with Crippen molar-refractivity contribution in [2.45, 2.75) is 73.9 Å². The van der Waals surface area contributed by atoms with E-state index in [-0.39, 0.29) is 22.9 Å². The molecule has 0 N–H and O–H groups in total. The van der Waals surface area contributed by atoms with Gasteiger partial charge in [0.05, 0.1) is 12.3 Å². The fraction of sp³-hybridized carbons (Fsp3) is 0.842. The molecule has 0 bridgehead atoms. The molecule has 2 aliphatic heterocycles. The van der Waals surface area contributed by atoms with E-state index in [9.17, 15) is 8.42 Å². The number of hydrogen-bond donors (Lipinski definition) is 0. The summed E-state index contributed by atoms with van der Waals surface area (Å²) in [4.78, 5) is 7.35. The first-order valence-corrected chi connectivity index (χ1v) is 11.1. The van der Waals surface area contributed by atoms with E-state index in [4.69, 9.17) is 4.99 Å². The average Bonchev–Trinajstić information content (AvgIpc) is 2.77. The summed E-state index contributed by atoms with van der Waals surface area (Å²) in [7, 11) is -3.22. The van der Waals surface area contributed by atoms with Gasteiger partial charge in [-0.1, -0.05) is 48.5 Å². The molecule has 0 amide bonds. The van der Waals surface area contributed by atoms with Gasteiger partial charge in [-0.15, -0.1) is 0 Å². The van der Waals surface area contributed by atoms with Crippen molar-refractivity contribution >= 4 is 15.9 Å². The quantitative estimate of drug-likeness (QED) is 0.765. The first-order chi connectivity index (χ1) is 11.2. The van der Waals surface area contributed by atoms with E-state index in [1.807, 2.05) is 6.92 Å². The van der Waals surface area contributed by atoms with E-state index in [0.717, 1.165) is 12.3 Å². The minimum Gasteiger partial charge on any atom is -0.332 e. The van der Waals surface area contributed by atoms with Crippen LogP contribution in [0.2, 0.25) is 0 Å². The number of sulfonamides is 1. The van der Waals surface area contributed by atoms with Crippen LogP contribution in [0.15, 0.2) is 16.3 Å². The summed E-state index contributed by atoms with van der Waals surface area (Å²) in [5.41, 5.74) is 2.57. The lowest BCUT2D eigenvalue weighted by atomic mass is 9.79. The highest BCUT2D eigenvalue weighted by molar-refractivity contribution is 7.88. The molecule has 2 atom stereocenters. The summed E-state index contributed by atoms with van der Waals surface area (Å²) in [6.45, 7) is 18.5. The van der Waals surface area contributed by atoms with Gasteiger partial charge in [0.15, 0.2) is 0 Å². The molecular formula is C19H35N3O2S.